The molecule has 12 aromatic rings. The molecular weight excluding hydrogens is 1690 g/mol. The lowest BCUT2D eigenvalue weighted by atomic mass is 9.92. The van der Waals surface area contributed by atoms with Crippen molar-refractivity contribution in [2.75, 3.05) is 19.8 Å². The van der Waals surface area contributed by atoms with Crippen LogP contribution >= 0.6 is 0 Å². The molecule has 21 heteroatoms. The van der Waals surface area contributed by atoms with Gasteiger partial charge in [0.25, 0.3) is 0 Å². The van der Waals surface area contributed by atoms with E-state index in [1.165, 1.54) is 116 Å². The second-order valence-electron chi connectivity index (χ2n) is 36.8. The predicted octanol–water partition coefficient (Wildman–Crippen LogP) is 28.8. The molecule has 3 heterocycles. The first-order valence-corrected chi connectivity index (χ1v) is 49.3. The van der Waals surface area contributed by atoms with Gasteiger partial charge in [-0.1, -0.05) is 320 Å². The first kappa shape index (κ1) is 104. The van der Waals surface area contributed by atoms with Crippen LogP contribution < -0.4 is 0 Å². The normalized spacial score (nSPS) is 12.4. The largest absolute Gasteiger partial charge is 0.507 e. The highest BCUT2D eigenvalue weighted by Gasteiger charge is 2.25. The van der Waals surface area contributed by atoms with Gasteiger partial charge in [-0.2, -0.15) is 0 Å². The maximum atomic E-state index is 13.4. The molecule has 0 saturated heterocycles. The summed E-state index contributed by atoms with van der Waals surface area (Å²) in [6.07, 6.45) is 33.1. The molecule has 9 aromatic carbocycles. The maximum absolute atomic E-state index is 13.4. The van der Waals surface area contributed by atoms with Gasteiger partial charge in [0.1, 0.15) is 34.5 Å². The quantitative estimate of drug-likeness (QED) is 0.0117. The number of aromatic hydroxyl groups is 6. The number of phenolic OH excluding ortho intramolecular Hbond substituents is 6. The molecule has 0 radical (unpaired) electrons. The Labute approximate surface area is 799 Å². The van der Waals surface area contributed by atoms with Gasteiger partial charge in [-0.25, -0.2) is 59.2 Å². The van der Waals surface area contributed by atoms with E-state index in [0.29, 0.717) is 140 Å². The molecule has 0 fully saturated rings. The van der Waals surface area contributed by atoms with Gasteiger partial charge in [0, 0.05) is 16.7 Å². The maximum Gasteiger partial charge on any atom is 0.338 e. The molecule has 12 rings (SSSR count). The summed E-state index contributed by atoms with van der Waals surface area (Å²) >= 11 is 0. The van der Waals surface area contributed by atoms with Crippen LogP contribution in [0.3, 0.4) is 0 Å². The number of ether oxygens (including phenoxy) is 3. The van der Waals surface area contributed by atoms with Crippen molar-refractivity contribution in [2.24, 2.45) is 41.4 Å². The number of carbonyl (C=O) groups excluding carboxylic acids is 3. The summed E-state index contributed by atoms with van der Waals surface area (Å²) in [5, 5.41) is 63.2. The number of rotatable bonds is 50. The Balaban J connectivity index is 0.000000210. The van der Waals surface area contributed by atoms with Crippen molar-refractivity contribution in [3.63, 3.8) is 0 Å². The van der Waals surface area contributed by atoms with Gasteiger partial charge in [0.2, 0.25) is 0 Å². The fourth-order valence-electron chi connectivity index (χ4n) is 16.2. The van der Waals surface area contributed by atoms with Gasteiger partial charge in [-0.3, -0.25) is 0 Å². The summed E-state index contributed by atoms with van der Waals surface area (Å²) in [6.45, 7) is 23.8. The highest BCUT2D eigenvalue weighted by molar-refractivity contribution is 5.92. The summed E-state index contributed by atoms with van der Waals surface area (Å²) in [4.78, 5) is 81.5. The SMILES string of the molecule is CC(C)CCCCC(CCC(C)C)COC(=O)c1cccc(-c2nc(-c3ccccc3O)nc(-c3ccccc3O)n2)c1.CCC(C)CCCCCC(CCCC(C)CC)COC(=O)c1cccc(-c2nc(-c3ccccc3O)nc(-c3ccccc3O)n2)c1.CCCCCCCCC(CCCCCC)COC(=O)c1cccc(-c2nc(-c3ccccc3O)nc(-c3ccccc3O)n2)c1. The monoisotopic (exact) mass is 1830 g/mol. The predicted molar refractivity (Wildman–Crippen MR) is 540 cm³/mol. The third-order valence-electron chi connectivity index (χ3n) is 24.9. The van der Waals surface area contributed by atoms with E-state index in [1.807, 2.05) is 18.2 Å². The van der Waals surface area contributed by atoms with Crippen molar-refractivity contribution >= 4 is 17.9 Å². The summed E-state index contributed by atoms with van der Waals surface area (Å²) in [6, 6.07) is 62.0. The average Bonchev–Trinajstić information content (AvgIpc) is 0.796. The fraction of sp³-hybridized carbons (Fsp3) is 0.421. The first-order chi connectivity index (χ1) is 65.5. The molecule has 3 aromatic heterocycles. The lowest BCUT2D eigenvalue weighted by Gasteiger charge is -2.18. The number of hydrogen-bond acceptors (Lipinski definition) is 21. The second kappa shape index (κ2) is 55.8. The van der Waals surface area contributed by atoms with E-state index < -0.39 is 0 Å². The topological polar surface area (TPSA) is 316 Å². The van der Waals surface area contributed by atoms with Crippen LogP contribution in [0, 0.1) is 41.4 Å². The standard InChI is InChI=1S/C40H51N3O4.C38H47N3O4.C36H43N3O4/c1-5-28(3)16-8-7-9-18-30(19-14-17-29(4)6-2)27-47-40(46)32-21-15-20-31(26-32)37-41-38(33-22-10-12-24-35(33)44)43-39(42-37)34-23-11-13-25-36(34)45;1-3-5-7-9-10-12-19-28(18-11-8-6-4-2)27-45-38(44)30-21-17-20-29(26-30)35-39-36(31-22-13-15-24-33(31)42)41-37(40-35)32-23-14-16-25-34(32)43;1-24(2)12-5-6-13-26(21-20-25(3)4)23-43-36(42)28-15-11-14-27(22-28)33-37-34(29-16-7-9-18-31(29)40)39-35(38-33)30-17-8-10-19-32(30)41/h10-13,15,20-26,28-30,44-45H,5-9,14,16-19,27H2,1-4H3;13-17,20-26,28,42-43H,3-12,18-19,27H2,1-2H3;7-11,14-19,22,24-26,40-41H,5-6,12-13,20-21,23H2,1-4H3. The zero-order valence-electron chi connectivity index (χ0n) is 80.9. The lowest BCUT2D eigenvalue weighted by Crippen LogP contribution is -2.15. The van der Waals surface area contributed by atoms with Crippen LogP contribution in [-0.4, -0.2) is 113 Å². The van der Waals surface area contributed by atoms with Crippen LogP contribution in [0.1, 0.15) is 280 Å². The van der Waals surface area contributed by atoms with Crippen molar-refractivity contribution in [2.45, 2.75) is 249 Å². The van der Waals surface area contributed by atoms with Gasteiger partial charge < -0.3 is 44.8 Å². The molecule has 0 spiro atoms. The van der Waals surface area contributed by atoms with E-state index in [-0.39, 0.29) is 87.4 Å². The molecule has 714 valence electrons. The Morgan fingerprint density at radius 3 is 0.763 bits per heavy atom. The Morgan fingerprint density at radius 1 is 0.244 bits per heavy atom. The minimum Gasteiger partial charge on any atom is -0.507 e. The van der Waals surface area contributed by atoms with Crippen LogP contribution in [0.5, 0.6) is 34.5 Å². The van der Waals surface area contributed by atoms with Crippen molar-refractivity contribution < 1.29 is 59.2 Å². The number of benzene rings is 9. The average molecular weight is 1830 g/mol. The number of esters is 3. The van der Waals surface area contributed by atoms with Crippen LogP contribution in [0.2, 0.25) is 0 Å². The van der Waals surface area contributed by atoms with Crippen LogP contribution in [0.15, 0.2) is 218 Å². The molecule has 0 aliphatic rings. The van der Waals surface area contributed by atoms with E-state index >= 15 is 0 Å². The van der Waals surface area contributed by atoms with Crippen molar-refractivity contribution in [3.05, 3.63) is 235 Å². The third kappa shape index (κ3) is 33.7. The minimum absolute atomic E-state index is 0.0245. The van der Waals surface area contributed by atoms with Gasteiger partial charge >= 0.3 is 17.9 Å². The van der Waals surface area contributed by atoms with Gasteiger partial charge in [0.15, 0.2) is 52.4 Å². The van der Waals surface area contributed by atoms with Crippen LogP contribution in [0.25, 0.3) is 102 Å². The Kier molecular flexibility index (Phi) is 43.1. The van der Waals surface area contributed by atoms with Crippen molar-refractivity contribution in [3.8, 4) is 137 Å². The highest BCUT2D eigenvalue weighted by atomic mass is 16.5. The third-order valence-corrected chi connectivity index (χ3v) is 24.9. The van der Waals surface area contributed by atoms with E-state index in [0.717, 1.165) is 70.1 Å². The van der Waals surface area contributed by atoms with E-state index in [4.69, 9.17) is 14.2 Å². The molecule has 0 saturated carbocycles. The van der Waals surface area contributed by atoms with E-state index in [1.54, 1.807) is 200 Å². The molecular formula is C114H141N9O12. The zero-order chi connectivity index (χ0) is 96.2. The number of nitrogens with zero attached hydrogens (tertiary/aromatic N) is 9. The fourth-order valence-corrected chi connectivity index (χ4v) is 16.2. The second-order valence-corrected chi connectivity index (χ2v) is 36.8. The van der Waals surface area contributed by atoms with Crippen molar-refractivity contribution in [1.29, 1.82) is 0 Å². The molecule has 135 heavy (non-hydrogen) atoms. The van der Waals surface area contributed by atoms with Crippen LogP contribution in [-0.2, 0) is 14.2 Å². The molecule has 0 amide bonds. The number of carbonyl (C=O) groups is 3. The van der Waals surface area contributed by atoms with Crippen molar-refractivity contribution in [1.82, 2.24) is 44.9 Å². The van der Waals surface area contributed by atoms with Gasteiger partial charge in [0.05, 0.1) is 69.9 Å². The zero-order valence-corrected chi connectivity index (χ0v) is 80.9. The number of para-hydroxylation sites is 6. The molecule has 0 bridgehead atoms. The first-order valence-electron chi connectivity index (χ1n) is 49.3. The van der Waals surface area contributed by atoms with Gasteiger partial charge in [-0.05, 0) is 189 Å². The van der Waals surface area contributed by atoms with Gasteiger partial charge in [-0.15, -0.1) is 0 Å². The lowest BCUT2D eigenvalue weighted by molar-refractivity contribution is 0.0412. The molecule has 21 nitrogen and oxygen atoms in total. The molecule has 5 unspecified atom stereocenters. The molecule has 0 aliphatic heterocycles. The van der Waals surface area contributed by atoms with E-state index in [9.17, 15) is 45.0 Å². The minimum atomic E-state index is -0.380. The number of unbranched alkanes of at least 4 members (excludes halogenated alkanes) is 11. The molecule has 5 atom stereocenters. The molecule has 6 N–H and O–H groups in total. The Morgan fingerprint density at radius 2 is 0.474 bits per heavy atom. The summed E-state index contributed by atoms with van der Waals surface area (Å²) in [7, 11) is 0. The van der Waals surface area contributed by atoms with Crippen LogP contribution in [0.4, 0.5) is 0 Å². The summed E-state index contributed by atoms with van der Waals surface area (Å²) in [5.41, 5.74) is 5.64. The Bertz CT molecular complexity index is 5480. The summed E-state index contributed by atoms with van der Waals surface area (Å²) in [5.74, 6) is 5.35. The Hall–Kier alpha value is -12.8. The summed E-state index contributed by atoms with van der Waals surface area (Å²) < 4.78 is 17.7. The highest BCUT2D eigenvalue weighted by Crippen LogP contribution is 2.39. The van der Waals surface area contributed by atoms with E-state index in [2.05, 4.69) is 114 Å². The smallest absolute Gasteiger partial charge is 0.338 e. The number of aromatic nitrogens is 9. The number of phenols is 6. The molecule has 0 aliphatic carbocycles. The number of hydrogen-bond donors (Lipinski definition) is 6.